The van der Waals surface area contributed by atoms with Crippen molar-refractivity contribution in [3.05, 3.63) is 77.7 Å². The van der Waals surface area contributed by atoms with E-state index in [9.17, 15) is 19.8 Å². The molecular formula is C25H24N3O4+. The Morgan fingerprint density at radius 2 is 1.97 bits per heavy atom. The lowest BCUT2D eigenvalue weighted by molar-refractivity contribution is -0.688. The van der Waals surface area contributed by atoms with Gasteiger partial charge in [0.2, 0.25) is 5.91 Å². The predicted octanol–water partition coefficient (Wildman–Crippen LogP) is 2.16. The fourth-order valence-corrected chi connectivity index (χ4v) is 4.97. The summed E-state index contributed by atoms with van der Waals surface area (Å²) in [6, 6.07) is 15.4. The molecule has 0 aliphatic carbocycles. The van der Waals surface area contributed by atoms with Gasteiger partial charge in [0, 0.05) is 23.4 Å². The van der Waals surface area contributed by atoms with Gasteiger partial charge in [-0.3, -0.25) is 4.79 Å². The van der Waals surface area contributed by atoms with E-state index in [0.717, 1.165) is 21.9 Å². The number of carboxylic acid groups (broad SMARTS) is 1. The third-order valence-corrected chi connectivity index (χ3v) is 6.52. The number of carboxylic acids is 1. The van der Waals surface area contributed by atoms with Crippen molar-refractivity contribution in [1.82, 2.24) is 4.90 Å². The molecule has 5 rings (SSSR count). The van der Waals surface area contributed by atoms with Crippen molar-refractivity contribution in [2.75, 3.05) is 5.73 Å². The summed E-state index contributed by atoms with van der Waals surface area (Å²) in [5.41, 5.74) is 9.09. The minimum Gasteiger partial charge on any atom is -0.477 e. The van der Waals surface area contributed by atoms with Gasteiger partial charge in [0.05, 0.1) is 18.1 Å². The molecule has 2 aliphatic heterocycles. The molecule has 1 amide bonds. The van der Waals surface area contributed by atoms with Crippen LogP contribution in [0.5, 0.6) is 0 Å². The summed E-state index contributed by atoms with van der Waals surface area (Å²) in [6.07, 6.45) is 3.49. The van der Waals surface area contributed by atoms with Gasteiger partial charge in [-0.1, -0.05) is 30.3 Å². The van der Waals surface area contributed by atoms with Crippen LogP contribution in [0.3, 0.4) is 0 Å². The molecule has 162 valence electrons. The average Bonchev–Trinajstić information content (AvgIpc) is 3.10. The van der Waals surface area contributed by atoms with Crippen molar-refractivity contribution >= 4 is 33.9 Å². The molecule has 0 bridgehead atoms. The van der Waals surface area contributed by atoms with E-state index in [0.29, 0.717) is 24.2 Å². The third kappa shape index (κ3) is 3.13. The van der Waals surface area contributed by atoms with Crippen molar-refractivity contribution in [3.8, 4) is 0 Å². The molecule has 0 radical (unpaired) electrons. The zero-order valence-corrected chi connectivity index (χ0v) is 17.6. The molecule has 0 unspecified atom stereocenters. The molecule has 32 heavy (non-hydrogen) atoms. The largest absolute Gasteiger partial charge is 0.477 e. The number of hydrogen-bond acceptors (Lipinski definition) is 4. The number of hydrogen-bond donors (Lipinski definition) is 3. The maximum atomic E-state index is 12.5. The third-order valence-electron chi connectivity index (χ3n) is 6.52. The maximum absolute atomic E-state index is 12.5. The van der Waals surface area contributed by atoms with Gasteiger partial charge in [-0.15, -0.1) is 0 Å². The number of carbonyl (C=O) groups excluding carboxylic acids is 1. The molecule has 1 saturated heterocycles. The fourth-order valence-electron chi connectivity index (χ4n) is 4.97. The van der Waals surface area contributed by atoms with Crippen LogP contribution in [0, 0.1) is 5.92 Å². The molecule has 2 aromatic carbocycles. The summed E-state index contributed by atoms with van der Waals surface area (Å²) in [5.74, 6) is -1.99. The number of nitrogens with zero attached hydrogens (tertiary/aromatic N) is 2. The van der Waals surface area contributed by atoms with Crippen molar-refractivity contribution in [1.29, 1.82) is 0 Å². The van der Waals surface area contributed by atoms with Crippen LogP contribution in [0.15, 0.2) is 66.6 Å². The standard InChI is InChI=1S/C25H23N3O4/c1-14(29)22-21-12-20(23(25(31)32)28(21)24(22)30)16-5-6-19-15(11-16)3-2-4-17(19)13-27-9-7-18(26)8-10-27/h2-11,14,21-22,26,29H,12-13H2,1H3,(H,31,32)/p+1/t14-,21-,22-/m1/s1. The van der Waals surface area contributed by atoms with Gasteiger partial charge >= 0.3 is 5.97 Å². The number of pyridine rings is 1. The first kappa shape index (κ1) is 20.2. The van der Waals surface area contributed by atoms with Crippen LogP contribution in [0.2, 0.25) is 0 Å². The highest BCUT2D eigenvalue weighted by Crippen LogP contribution is 2.47. The Balaban J connectivity index is 1.52. The number of aromatic nitrogens is 1. The number of fused-ring (bicyclic) bond motifs is 2. The Hall–Kier alpha value is -3.71. The van der Waals surface area contributed by atoms with Crippen molar-refractivity contribution in [3.63, 3.8) is 0 Å². The molecule has 3 heterocycles. The van der Waals surface area contributed by atoms with Gasteiger partial charge in [-0.05, 0) is 41.3 Å². The Bertz CT molecular complexity index is 1280. The van der Waals surface area contributed by atoms with E-state index in [-0.39, 0.29) is 17.6 Å². The number of aliphatic hydroxyl groups is 1. The summed E-state index contributed by atoms with van der Waals surface area (Å²) < 4.78 is 2.05. The van der Waals surface area contributed by atoms with Gasteiger partial charge in [-0.2, -0.15) is 0 Å². The molecule has 0 saturated carbocycles. The molecule has 3 atom stereocenters. The second-order valence-corrected chi connectivity index (χ2v) is 8.54. The van der Waals surface area contributed by atoms with Crippen LogP contribution in [0.1, 0.15) is 24.5 Å². The van der Waals surface area contributed by atoms with E-state index in [1.54, 1.807) is 6.92 Å². The maximum Gasteiger partial charge on any atom is 0.352 e. The lowest BCUT2D eigenvalue weighted by Crippen LogP contribution is -2.61. The predicted molar refractivity (Wildman–Crippen MR) is 119 cm³/mol. The number of anilines is 1. The summed E-state index contributed by atoms with van der Waals surface area (Å²) >= 11 is 0. The lowest BCUT2D eigenvalue weighted by atomic mass is 9.82. The highest BCUT2D eigenvalue weighted by Gasteiger charge is 2.56. The first-order valence-electron chi connectivity index (χ1n) is 10.6. The monoisotopic (exact) mass is 430 g/mol. The quantitative estimate of drug-likeness (QED) is 0.425. The number of aliphatic hydroxyl groups excluding tert-OH is 1. The van der Waals surface area contributed by atoms with E-state index >= 15 is 0 Å². The molecule has 2 aliphatic rings. The first-order valence-corrected chi connectivity index (χ1v) is 10.6. The summed E-state index contributed by atoms with van der Waals surface area (Å²) in [5, 5.41) is 21.9. The molecule has 7 heteroatoms. The van der Waals surface area contributed by atoms with Crippen molar-refractivity contribution in [2.45, 2.75) is 32.0 Å². The number of rotatable bonds is 5. The summed E-state index contributed by atoms with van der Waals surface area (Å²) in [4.78, 5) is 25.8. The number of benzene rings is 2. The number of aliphatic carboxylic acids is 1. The molecular weight excluding hydrogens is 406 g/mol. The Morgan fingerprint density at radius 3 is 2.66 bits per heavy atom. The molecule has 3 aromatic rings. The molecule has 7 nitrogen and oxygen atoms in total. The van der Waals surface area contributed by atoms with Gasteiger partial charge < -0.3 is 20.8 Å². The minimum absolute atomic E-state index is 0.0323. The number of β-lactam (4-membered cyclic amide) rings is 1. The van der Waals surface area contributed by atoms with Gasteiger partial charge in [-0.25, -0.2) is 9.36 Å². The second-order valence-electron chi connectivity index (χ2n) is 8.54. The zero-order chi connectivity index (χ0) is 22.6. The topological polar surface area (TPSA) is 108 Å². The molecule has 4 N–H and O–H groups in total. The van der Waals surface area contributed by atoms with E-state index in [1.807, 2.05) is 59.4 Å². The SMILES string of the molecule is C[C@@H](O)[C@H]1C(=O)N2C(C(=O)O)=C(c3ccc4c(C[n+]5ccc(N)cc5)cccc4c3)C[C@H]12. The van der Waals surface area contributed by atoms with Crippen LogP contribution in [-0.2, 0) is 16.1 Å². The van der Waals surface area contributed by atoms with Gasteiger partial charge in [0.1, 0.15) is 5.70 Å². The van der Waals surface area contributed by atoms with Gasteiger partial charge in [0.25, 0.3) is 0 Å². The Morgan fingerprint density at radius 1 is 1.22 bits per heavy atom. The van der Waals surface area contributed by atoms with Crippen LogP contribution in [0.4, 0.5) is 5.69 Å². The van der Waals surface area contributed by atoms with Gasteiger partial charge in [0.15, 0.2) is 18.9 Å². The normalized spacial score (nSPS) is 20.9. The smallest absolute Gasteiger partial charge is 0.352 e. The average molecular weight is 430 g/mol. The molecule has 1 aromatic heterocycles. The number of nitrogens with two attached hydrogens (primary N) is 1. The van der Waals surface area contributed by atoms with E-state index in [2.05, 4.69) is 6.07 Å². The van der Waals surface area contributed by atoms with E-state index in [1.165, 1.54) is 4.90 Å². The number of carbonyl (C=O) groups is 2. The lowest BCUT2D eigenvalue weighted by Gasteiger charge is -2.44. The summed E-state index contributed by atoms with van der Waals surface area (Å²) in [7, 11) is 0. The highest BCUT2D eigenvalue weighted by atomic mass is 16.4. The number of amides is 1. The van der Waals surface area contributed by atoms with Crippen LogP contribution in [-0.4, -0.2) is 39.1 Å². The Labute approximate surface area is 185 Å². The molecule has 1 fully saturated rings. The number of nitrogen functional groups attached to an aromatic ring is 1. The highest BCUT2D eigenvalue weighted by molar-refractivity contribution is 6.06. The molecule has 0 spiro atoms. The van der Waals surface area contributed by atoms with Crippen LogP contribution in [0.25, 0.3) is 16.3 Å². The second kappa shape index (κ2) is 7.46. The van der Waals surface area contributed by atoms with Crippen molar-refractivity contribution < 1.29 is 24.4 Å². The van der Waals surface area contributed by atoms with Crippen LogP contribution < -0.4 is 10.3 Å². The Kier molecular flexibility index (Phi) is 4.71. The van der Waals surface area contributed by atoms with E-state index < -0.39 is 18.0 Å². The summed E-state index contributed by atoms with van der Waals surface area (Å²) in [6.45, 7) is 2.26. The van der Waals surface area contributed by atoms with Crippen LogP contribution >= 0.6 is 0 Å². The van der Waals surface area contributed by atoms with E-state index in [4.69, 9.17) is 5.73 Å². The first-order chi connectivity index (χ1) is 15.3. The fraction of sp³-hybridized carbons (Fsp3) is 0.240. The minimum atomic E-state index is -1.12. The van der Waals surface area contributed by atoms with Crippen molar-refractivity contribution in [2.24, 2.45) is 5.92 Å². The zero-order valence-electron chi connectivity index (χ0n) is 17.6.